The number of rotatable bonds is 5. The molecule has 11 heteroatoms. The molecule has 166 valence electrons. The molecule has 0 aliphatic heterocycles. The van der Waals surface area contributed by atoms with Crippen molar-refractivity contribution in [3.63, 3.8) is 0 Å². The number of halogens is 2. The van der Waals surface area contributed by atoms with E-state index in [1.165, 1.54) is 23.0 Å². The molecule has 9 nitrogen and oxygen atoms in total. The predicted molar refractivity (Wildman–Crippen MR) is 113 cm³/mol. The fraction of sp³-hybridized carbons (Fsp3) is 0.318. The molecular weight excluding hydrogens is 430 g/mol. The van der Waals surface area contributed by atoms with E-state index in [2.05, 4.69) is 25.0 Å². The number of H-pyrrole nitrogens is 1. The smallest absolute Gasteiger partial charge is 0.280 e. The van der Waals surface area contributed by atoms with Crippen LogP contribution in [0.1, 0.15) is 72.7 Å². The Morgan fingerprint density at radius 3 is 2.55 bits per heavy atom. The molecule has 0 saturated heterocycles. The first-order valence-corrected chi connectivity index (χ1v) is 10.4. The minimum Gasteiger partial charge on any atom is -0.310 e. The van der Waals surface area contributed by atoms with Crippen LogP contribution in [0.15, 0.2) is 41.6 Å². The fourth-order valence-electron chi connectivity index (χ4n) is 4.16. The molecule has 5 rings (SSSR count). The zero-order chi connectivity index (χ0) is 23.1. The Bertz CT molecular complexity index is 1410. The summed E-state index contributed by atoms with van der Waals surface area (Å²) in [5.41, 5.74) is 0.0261. The molecule has 1 N–H and O–H groups in total. The first-order chi connectivity index (χ1) is 16.0. The van der Waals surface area contributed by atoms with Crippen LogP contribution in [0.4, 0.5) is 8.78 Å². The molecule has 1 aliphatic rings. The SMILES string of the molecule is C[C@H](c1ccc(C(F)F)nc1)n1nc(C#N)c2c(=O)[nH]c([C@@H]3CC[C@H]3c3ncccn3)nc21. The summed E-state index contributed by atoms with van der Waals surface area (Å²) < 4.78 is 27.2. The molecule has 4 aromatic heterocycles. The summed E-state index contributed by atoms with van der Waals surface area (Å²) in [5, 5.41) is 13.9. The van der Waals surface area contributed by atoms with Crippen LogP contribution in [0.3, 0.4) is 0 Å². The van der Waals surface area contributed by atoms with Crippen LogP contribution in [0.2, 0.25) is 0 Å². The second kappa shape index (κ2) is 8.12. The van der Waals surface area contributed by atoms with Crippen LogP contribution >= 0.6 is 0 Å². The molecule has 3 atom stereocenters. The van der Waals surface area contributed by atoms with Gasteiger partial charge in [0, 0.05) is 30.4 Å². The van der Waals surface area contributed by atoms with E-state index in [9.17, 15) is 18.8 Å². The van der Waals surface area contributed by atoms with Gasteiger partial charge < -0.3 is 4.98 Å². The maximum absolute atomic E-state index is 12.9. The lowest BCUT2D eigenvalue weighted by Crippen LogP contribution is -2.28. The Morgan fingerprint density at radius 1 is 1.18 bits per heavy atom. The van der Waals surface area contributed by atoms with Gasteiger partial charge in [-0.05, 0) is 37.5 Å². The summed E-state index contributed by atoms with van der Waals surface area (Å²) in [7, 11) is 0. The minimum absolute atomic E-state index is 0.0297. The monoisotopic (exact) mass is 448 g/mol. The van der Waals surface area contributed by atoms with E-state index in [0.717, 1.165) is 12.8 Å². The fourth-order valence-corrected chi connectivity index (χ4v) is 4.16. The molecule has 1 fully saturated rings. The lowest BCUT2D eigenvalue weighted by atomic mass is 9.72. The number of aromatic nitrogens is 7. The van der Waals surface area contributed by atoms with Crippen molar-refractivity contribution in [3.8, 4) is 6.07 Å². The molecule has 0 bridgehead atoms. The van der Waals surface area contributed by atoms with Crippen molar-refractivity contribution in [2.45, 2.75) is 44.1 Å². The summed E-state index contributed by atoms with van der Waals surface area (Å²) in [5.74, 6) is 1.14. The van der Waals surface area contributed by atoms with E-state index in [0.29, 0.717) is 17.2 Å². The first-order valence-electron chi connectivity index (χ1n) is 10.4. The van der Waals surface area contributed by atoms with Gasteiger partial charge in [0.25, 0.3) is 12.0 Å². The van der Waals surface area contributed by atoms with Crippen LogP contribution in [0, 0.1) is 11.3 Å². The molecule has 0 aromatic carbocycles. The van der Waals surface area contributed by atoms with E-state index < -0.39 is 18.0 Å². The topological polar surface area (TPSA) is 126 Å². The van der Waals surface area contributed by atoms with Gasteiger partial charge in [-0.3, -0.25) is 9.78 Å². The standard InChI is InChI=1S/C22H18F2N8O/c1-11(12-3-6-15(18(23)24)28-10-12)32-21-17(16(9-25)31-32)22(33)30-20(29-21)14-5-4-13(14)19-26-7-2-8-27-19/h2-3,6-8,10-11,13-14,18H,4-5H2,1H3,(H,29,30,33)/t11-,13-,14-/m1/s1. The van der Waals surface area contributed by atoms with Crippen LogP contribution in [0.25, 0.3) is 11.0 Å². The van der Waals surface area contributed by atoms with Crippen LogP contribution < -0.4 is 5.56 Å². The van der Waals surface area contributed by atoms with Gasteiger partial charge in [-0.1, -0.05) is 6.07 Å². The van der Waals surface area contributed by atoms with E-state index in [1.807, 2.05) is 6.07 Å². The molecule has 33 heavy (non-hydrogen) atoms. The zero-order valence-corrected chi connectivity index (χ0v) is 17.5. The summed E-state index contributed by atoms with van der Waals surface area (Å²) in [6.07, 6.45) is 3.72. The number of fused-ring (bicyclic) bond motifs is 1. The molecule has 4 aromatic rings. The number of hydrogen-bond acceptors (Lipinski definition) is 7. The van der Waals surface area contributed by atoms with Gasteiger partial charge in [0.15, 0.2) is 11.3 Å². The Balaban J connectivity index is 1.58. The van der Waals surface area contributed by atoms with Crippen molar-refractivity contribution in [3.05, 3.63) is 75.7 Å². The van der Waals surface area contributed by atoms with E-state index in [1.54, 1.807) is 25.4 Å². The summed E-state index contributed by atoms with van der Waals surface area (Å²) in [6.45, 7) is 1.78. The van der Waals surface area contributed by atoms with Gasteiger partial charge in [-0.2, -0.15) is 10.4 Å². The summed E-state index contributed by atoms with van der Waals surface area (Å²) >= 11 is 0. The van der Waals surface area contributed by atoms with E-state index in [-0.39, 0.29) is 34.3 Å². The molecule has 0 unspecified atom stereocenters. The third-order valence-corrected chi connectivity index (χ3v) is 6.11. The number of aromatic amines is 1. The van der Waals surface area contributed by atoms with Crippen molar-refractivity contribution in [1.82, 2.24) is 34.7 Å². The molecule has 0 amide bonds. The van der Waals surface area contributed by atoms with Crippen LogP contribution in [-0.2, 0) is 0 Å². The second-order valence-corrected chi connectivity index (χ2v) is 7.95. The Hall–Kier alpha value is -4.07. The van der Waals surface area contributed by atoms with Crippen molar-refractivity contribution in [2.24, 2.45) is 0 Å². The molecule has 0 radical (unpaired) electrons. The number of nitrogens with zero attached hydrogens (tertiary/aromatic N) is 7. The molecule has 4 heterocycles. The quantitative estimate of drug-likeness (QED) is 0.496. The van der Waals surface area contributed by atoms with Crippen molar-refractivity contribution in [1.29, 1.82) is 5.26 Å². The lowest BCUT2D eigenvalue weighted by molar-refractivity contribution is 0.146. The van der Waals surface area contributed by atoms with Crippen LogP contribution in [-0.4, -0.2) is 34.7 Å². The largest absolute Gasteiger partial charge is 0.310 e. The predicted octanol–water partition coefficient (Wildman–Crippen LogP) is 3.38. The van der Waals surface area contributed by atoms with E-state index >= 15 is 0 Å². The van der Waals surface area contributed by atoms with Gasteiger partial charge in [0.2, 0.25) is 0 Å². The number of nitrogens with one attached hydrogen (secondary N) is 1. The third kappa shape index (κ3) is 3.53. The van der Waals surface area contributed by atoms with Crippen LogP contribution in [0.5, 0.6) is 0 Å². The maximum Gasteiger partial charge on any atom is 0.280 e. The average Bonchev–Trinajstić information content (AvgIpc) is 3.18. The molecular formula is C22H18F2N8O. The van der Waals surface area contributed by atoms with Gasteiger partial charge in [0.05, 0.1) is 6.04 Å². The molecule has 1 aliphatic carbocycles. The highest BCUT2D eigenvalue weighted by Gasteiger charge is 2.37. The van der Waals surface area contributed by atoms with Gasteiger partial charge in [0.1, 0.15) is 28.8 Å². The van der Waals surface area contributed by atoms with Gasteiger partial charge in [-0.15, -0.1) is 0 Å². The highest BCUT2D eigenvalue weighted by atomic mass is 19.3. The highest BCUT2D eigenvalue weighted by Crippen LogP contribution is 2.46. The average molecular weight is 448 g/mol. The highest BCUT2D eigenvalue weighted by molar-refractivity contribution is 5.80. The van der Waals surface area contributed by atoms with Gasteiger partial charge in [-0.25, -0.2) is 28.4 Å². The Morgan fingerprint density at radius 2 is 1.94 bits per heavy atom. The number of alkyl halides is 2. The van der Waals surface area contributed by atoms with E-state index in [4.69, 9.17) is 4.98 Å². The van der Waals surface area contributed by atoms with Crippen molar-refractivity contribution < 1.29 is 8.78 Å². The Labute approximate surface area is 186 Å². The lowest BCUT2D eigenvalue weighted by Gasteiger charge is -2.34. The van der Waals surface area contributed by atoms with Crippen molar-refractivity contribution in [2.75, 3.05) is 0 Å². The normalized spacial score (nSPS) is 18.8. The zero-order valence-electron chi connectivity index (χ0n) is 17.5. The first kappa shape index (κ1) is 20.8. The third-order valence-electron chi connectivity index (χ3n) is 6.11. The number of nitriles is 1. The molecule has 0 spiro atoms. The Kier molecular flexibility index (Phi) is 5.12. The van der Waals surface area contributed by atoms with Gasteiger partial charge >= 0.3 is 0 Å². The number of pyridine rings is 1. The second-order valence-electron chi connectivity index (χ2n) is 7.95. The maximum atomic E-state index is 12.9. The minimum atomic E-state index is -2.67. The molecule has 1 saturated carbocycles. The van der Waals surface area contributed by atoms with Crippen molar-refractivity contribution >= 4 is 11.0 Å². The number of hydrogen-bond donors (Lipinski definition) is 1. The summed E-state index contributed by atoms with van der Waals surface area (Å²) in [6, 6.07) is 5.97. The summed E-state index contributed by atoms with van der Waals surface area (Å²) in [4.78, 5) is 32.9.